The van der Waals surface area contributed by atoms with Gasteiger partial charge in [0.2, 0.25) is 0 Å². The van der Waals surface area contributed by atoms with Gasteiger partial charge in [0.05, 0.1) is 6.54 Å². The van der Waals surface area contributed by atoms with E-state index < -0.39 is 0 Å². The number of anilines is 1. The van der Waals surface area contributed by atoms with E-state index in [0.717, 1.165) is 16.8 Å². The molecule has 0 fully saturated rings. The van der Waals surface area contributed by atoms with Crippen molar-refractivity contribution in [3.05, 3.63) is 87.1 Å². The van der Waals surface area contributed by atoms with E-state index in [1.165, 1.54) is 16.0 Å². The lowest BCUT2D eigenvalue weighted by Crippen LogP contribution is -2.30. The molecule has 24 heavy (non-hydrogen) atoms. The Morgan fingerprint density at radius 3 is 2.38 bits per heavy atom. The van der Waals surface area contributed by atoms with E-state index in [9.17, 15) is 4.79 Å². The summed E-state index contributed by atoms with van der Waals surface area (Å²) in [5, 5.41) is 2.05. The van der Waals surface area contributed by atoms with Crippen LogP contribution in [0.3, 0.4) is 0 Å². The maximum absolute atomic E-state index is 13.2. The Bertz CT molecular complexity index is 852. The van der Waals surface area contributed by atoms with Crippen molar-refractivity contribution in [1.29, 1.82) is 0 Å². The Hall–Kier alpha value is -2.39. The molecule has 0 saturated carbocycles. The van der Waals surface area contributed by atoms with Crippen LogP contribution in [0.4, 0.5) is 5.69 Å². The molecule has 3 aromatic rings. The van der Waals surface area contributed by atoms with Crippen LogP contribution in [-0.2, 0) is 6.54 Å². The number of carbonyl (C=O) groups excluding carboxylic acids is 1. The van der Waals surface area contributed by atoms with Gasteiger partial charge >= 0.3 is 0 Å². The molecular weight excluding hydrogens is 314 g/mol. The fourth-order valence-electron chi connectivity index (χ4n) is 2.69. The van der Waals surface area contributed by atoms with Crippen LogP contribution in [0.15, 0.2) is 60.0 Å². The van der Waals surface area contributed by atoms with Gasteiger partial charge in [-0.3, -0.25) is 4.79 Å². The standard InChI is InChI=1S/C21H21NOS/c1-15-10-11-18(13-17(15)3)22(14-19-8-6-12-24-19)21(23)20-9-5-4-7-16(20)2/h4-13H,14H2,1-3H3. The second-order valence-corrected chi connectivity index (χ2v) is 7.09. The first-order valence-corrected chi connectivity index (χ1v) is 8.91. The second-order valence-electron chi connectivity index (χ2n) is 6.05. The highest BCUT2D eigenvalue weighted by atomic mass is 32.1. The molecule has 1 heterocycles. The van der Waals surface area contributed by atoms with Crippen LogP contribution >= 0.6 is 11.3 Å². The average Bonchev–Trinajstić information content (AvgIpc) is 3.08. The molecule has 0 N–H and O–H groups in total. The Morgan fingerprint density at radius 2 is 1.71 bits per heavy atom. The van der Waals surface area contributed by atoms with E-state index in [1.807, 2.05) is 53.6 Å². The summed E-state index contributed by atoms with van der Waals surface area (Å²) < 4.78 is 0. The molecule has 0 radical (unpaired) electrons. The summed E-state index contributed by atoms with van der Waals surface area (Å²) in [5.74, 6) is 0.0461. The quantitative estimate of drug-likeness (QED) is 0.615. The smallest absolute Gasteiger partial charge is 0.258 e. The first kappa shape index (κ1) is 16.5. The third-order valence-corrected chi connectivity index (χ3v) is 5.18. The monoisotopic (exact) mass is 335 g/mol. The maximum Gasteiger partial charge on any atom is 0.258 e. The second kappa shape index (κ2) is 7.02. The van der Waals surface area contributed by atoms with E-state index in [4.69, 9.17) is 0 Å². The Morgan fingerprint density at radius 1 is 0.917 bits per heavy atom. The highest BCUT2D eigenvalue weighted by Gasteiger charge is 2.20. The Labute approximate surface area is 147 Å². The zero-order valence-electron chi connectivity index (χ0n) is 14.2. The molecule has 0 aliphatic rings. The van der Waals surface area contributed by atoms with Gasteiger partial charge in [0, 0.05) is 16.1 Å². The highest BCUT2D eigenvalue weighted by Crippen LogP contribution is 2.25. The number of nitrogens with zero attached hydrogens (tertiary/aromatic N) is 1. The van der Waals surface area contributed by atoms with Gasteiger partial charge in [-0.1, -0.05) is 30.3 Å². The zero-order chi connectivity index (χ0) is 17.1. The molecular formula is C21H21NOS. The van der Waals surface area contributed by atoms with Gasteiger partial charge in [-0.15, -0.1) is 11.3 Å². The molecule has 0 atom stereocenters. The van der Waals surface area contributed by atoms with Gasteiger partial charge in [-0.25, -0.2) is 0 Å². The summed E-state index contributed by atoms with van der Waals surface area (Å²) in [5.41, 5.74) is 5.13. The molecule has 1 aromatic heterocycles. The van der Waals surface area contributed by atoms with E-state index in [1.54, 1.807) is 11.3 Å². The van der Waals surface area contributed by atoms with E-state index in [0.29, 0.717) is 6.54 Å². The van der Waals surface area contributed by atoms with Crippen LogP contribution in [0.2, 0.25) is 0 Å². The number of benzene rings is 2. The normalized spacial score (nSPS) is 10.6. The third kappa shape index (κ3) is 3.41. The Kier molecular flexibility index (Phi) is 4.81. The van der Waals surface area contributed by atoms with Crippen molar-refractivity contribution in [3.8, 4) is 0 Å². The van der Waals surface area contributed by atoms with Crippen molar-refractivity contribution in [3.63, 3.8) is 0 Å². The van der Waals surface area contributed by atoms with Crippen LogP contribution in [-0.4, -0.2) is 5.91 Å². The van der Waals surface area contributed by atoms with Crippen molar-refractivity contribution in [1.82, 2.24) is 0 Å². The summed E-state index contributed by atoms with van der Waals surface area (Å²) in [7, 11) is 0. The van der Waals surface area contributed by atoms with Gasteiger partial charge in [0.15, 0.2) is 0 Å². The summed E-state index contributed by atoms with van der Waals surface area (Å²) in [6, 6.07) is 18.1. The number of hydrogen-bond donors (Lipinski definition) is 0. The van der Waals surface area contributed by atoms with Crippen molar-refractivity contribution in [2.75, 3.05) is 4.90 Å². The molecule has 0 aliphatic heterocycles. The lowest BCUT2D eigenvalue weighted by Gasteiger charge is -2.24. The topological polar surface area (TPSA) is 20.3 Å². The predicted molar refractivity (Wildman–Crippen MR) is 102 cm³/mol. The molecule has 2 aromatic carbocycles. The third-order valence-electron chi connectivity index (χ3n) is 4.32. The lowest BCUT2D eigenvalue weighted by molar-refractivity contribution is 0.0985. The number of amides is 1. The van der Waals surface area contributed by atoms with Gasteiger partial charge < -0.3 is 4.90 Å². The van der Waals surface area contributed by atoms with Crippen LogP contribution in [0.5, 0.6) is 0 Å². The van der Waals surface area contributed by atoms with Crippen LogP contribution in [0, 0.1) is 20.8 Å². The molecule has 0 aliphatic carbocycles. The zero-order valence-corrected chi connectivity index (χ0v) is 15.1. The van der Waals surface area contributed by atoms with Gasteiger partial charge in [-0.05, 0) is 67.1 Å². The minimum Gasteiger partial charge on any atom is -0.303 e. The lowest BCUT2D eigenvalue weighted by atomic mass is 10.1. The molecule has 2 nitrogen and oxygen atoms in total. The summed E-state index contributed by atoms with van der Waals surface area (Å²) in [6.07, 6.45) is 0. The summed E-state index contributed by atoms with van der Waals surface area (Å²) in [6.45, 7) is 6.75. The minimum atomic E-state index is 0.0461. The van der Waals surface area contributed by atoms with E-state index in [2.05, 4.69) is 32.0 Å². The molecule has 1 amide bonds. The number of hydrogen-bond acceptors (Lipinski definition) is 2. The van der Waals surface area contributed by atoms with Crippen LogP contribution in [0.1, 0.15) is 31.9 Å². The van der Waals surface area contributed by atoms with Crippen LogP contribution in [0.25, 0.3) is 0 Å². The molecule has 0 bridgehead atoms. The number of aryl methyl sites for hydroxylation is 3. The minimum absolute atomic E-state index is 0.0461. The molecule has 0 saturated heterocycles. The molecule has 3 heteroatoms. The summed E-state index contributed by atoms with van der Waals surface area (Å²) in [4.78, 5) is 16.3. The maximum atomic E-state index is 13.2. The number of rotatable bonds is 4. The number of thiophene rings is 1. The number of carbonyl (C=O) groups is 1. The fourth-order valence-corrected chi connectivity index (χ4v) is 3.38. The summed E-state index contributed by atoms with van der Waals surface area (Å²) >= 11 is 1.68. The first-order chi connectivity index (χ1) is 11.6. The van der Waals surface area contributed by atoms with Crippen molar-refractivity contribution in [2.45, 2.75) is 27.3 Å². The molecule has 122 valence electrons. The average molecular weight is 335 g/mol. The van der Waals surface area contributed by atoms with E-state index in [-0.39, 0.29) is 5.91 Å². The van der Waals surface area contributed by atoms with Crippen molar-refractivity contribution in [2.24, 2.45) is 0 Å². The van der Waals surface area contributed by atoms with Gasteiger partial charge in [0.1, 0.15) is 0 Å². The largest absolute Gasteiger partial charge is 0.303 e. The van der Waals surface area contributed by atoms with Gasteiger partial charge in [-0.2, -0.15) is 0 Å². The molecule has 0 spiro atoms. The van der Waals surface area contributed by atoms with Crippen molar-refractivity contribution < 1.29 is 4.79 Å². The highest BCUT2D eigenvalue weighted by molar-refractivity contribution is 7.09. The van der Waals surface area contributed by atoms with Gasteiger partial charge in [0.25, 0.3) is 5.91 Å². The van der Waals surface area contributed by atoms with Crippen molar-refractivity contribution >= 4 is 22.9 Å². The molecule has 0 unspecified atom stereocenters. The SMILES string of the molecule is Cc1ccc(N(Cc2cccs2)C(=O)c2ccccc2C)cc1C. The predicted octanol–water partition coefficient (Wildman–Crippen LogP) is 5.52. The van der Waals surface area contributed by atoms with E-state index >= 15 is 0 Å². The molecule has 3 rings (SSSR count). The fraction of sp³-hybridized carbons (Fsp3) is 0.190. The Balaban J connectivity index is 2.02. The first-order valence-electron chi connectivity index (χ1n) is 8.03. The van der Waals surface area contributed by atoms with Crippen LogP contribution < -0.4 is 4.90 Å².